The smallest absolute Gasteiger partial charge is 0.144 e. The second-order valence-electron chi connectivity index (χ2n) is 4.12. The van der Waals surface area contributed by atoms with Crippen molar-refractivity contribution in [1.29, 1.82) is 0 Å². The molecule has 0 amide bonds. The maximum atomic E-state index is 6.03. The maximum Gasteiger partial charge on any atom is 0.144 e. The molecule has 0 spiro atoms. The largest absolute Gasteiger partial charge is 0.408 e. The summed E-state index contributed by atoms with van der Waals surface area (Å²) in [5.74, 6) is 0. The number of hydrogen-bond acceptors (Lipinski definition) is 1. The van der Waals surface area contributed by atoms with Crippen LogP contribution in [0.3, 0.4) is 0 Å². The molecule has 1 N–H and O–H groups in total. The molecule has 14 heavy (non-hydrogen) atoms. The average Bonchev–Trinajstić information content (AvgIpc) is 1.95. The summed E-state index contributed by atoms with van der Waals surface area (Å²) in [6, 6.07) is 3.38. The van der Waals surface area contributed by atoms with Crippen molar-refractivity contribution in [1.82, 2.24) is 0 Å². The Morgan fingerprint density at radius 2 is 1.43 bits per heavy atom. The summed E-state index contributed by atoms with van der Waals surface area (Å²) in [5.41, 5.74) is 0.789. The molecule has 0 saturated heterocycles. The molecule has 0 aliphatic heterocycles. The van der Waals surface area contributed by atoms with Gasteiger partial charge in [0.2, 0.25) is 0 Å². The van der Waals surface area contributed by atoms with Crippen molar-refractivity contribution < 1.29 is 0 Å². The van der Waals surface area contributed by atoms with Crippen molar-refractivity contribution in [2.45, 2.75) is 19.6 Å². The zero-order chi connectivity index (χ0) is 10.9. The third-order valence-electron chi connectivity index (χ3n) is 1.51. The molecule has 1 nitrogen and oxygen atoms in total. The van der Waals surface area contributed by atoms with Crippen molar-refractivity contribution in [2.75, 3.05) is 4.98 Å². The van der Waals surface area contributed by atoms with E-state index in [0.29, 0.717) is 15.1 Å². The molecular formula is C9H12Cl3NSi. The number of nitrogens with one attached hydrogen (secondary N) is 1. The molecule has 0 heterocycles. The van der Waals surface area contributed by atoms with Gasteiger partial charge in [-0.25, -0.2) is 0 Å². The monoisotopic (exact) mass is 267 g/mol. The van der Waals surface area contributed by atoms with Crippen molar-refractivity contribution >= 4 is 48.7 Å². The molecule has 1 aromatic carbocycles. The minimum absolute atomic E-state index is 0.557. The quantitative estimate of drug-likeness (QED) is 0.753. The van der Waals surface area contributed by atoms with Crippen LogP contribution in [0.5, 0.6) is 0 Å². The Morgan fingerprint density at radius 3 is 1.79 bits per heavy atom. The van der Waals surface area contributed by atoms with Crippen molar-refractivity contribution in [3.63, 3.8) is 0 Å². The van der Waals surface area contributed by atoms with Gasteiger partial charge in [0, 0.05) is 5.02 Å². The van der Waals surface area contributed by atoms with Gasteiger partial charge in [-0.15, -0.1) is 0 Å². The molecular weight excluding hydrogens is 257 g/mol. The van der Waals surface area contributed by atoms with E-state index in [1.165, 1.54) is 0 Å². The van der Waals surface area contributed by atoms with Crippen LogP contribution in [-0.4, -0.2) is 8.24 Å². The Labute approximate surface area is 100 Å². The van der Waals surface area contributed by atoms with Crippen molar-refractivity contribution in [2.24, 2.45) is 0 Å². The lowest BCUT2D eigenvalue weighted by atomic mass is 10.3. The number of rotatable bonds is 2. The standard InChI is InChI=1S/C9H12Cl3NSi/c1-14(2,3)13-9-7(11)4-6(10)5-8(9)12/h4-5,13H,1-3H3. The van der Waals surface area contributed by atoms with E-state index >= 15 is 0 Å². The van der Waals surface area contributed by atoms with Crippen LogP contribution in [0.25, 0.3) is 0 Å². The van der Waals surface area contributed by atoms with Crippen LogP contribution in [0.1, 0.15) is 0 Å². The summed E-state index contributed by atoms with van der Waals surface area (Å²) in [4.78, 5) is 3.36. The molecule has 0 saturated carbocycles. The lowest BCUT2D eigenvalue weighted by Crippen LogP contribution is -2.32. The van der Waals surface area contributed by atoms with Gasteiger partial charge in [-0.1, -0.05) is 54.4 Å². The Morgan fingerprint density at radius 1 is 1.00 bits per heavy atom. The molecule has 0 unspecified atom stereocenters. The van der Waals surface area contributed by atoms with Gasteiger partial charge in [-0.2, -0.15) is 0 Å². The SMILES string of the molecule is C[Si](C)(C)Nc1c(Cl)cc(Cl)cc1Cl. The first kappa shape index (κ1) is 12.2. The lowest BCUT2D eigenvalue weighted by molar-refractivity contribution is 1.57. The molecule has 0 aliphatic carbocycles. The fraction of sp³-hybridized carbons (Fsp3) is 0.333. The molecule has 0 aromatic heterocycles. The third kappa shape index (κ3) is 3.35. The Kier molecular flexibility index (Phi) is 3.75. The first-order valence-electron chi connectivity index (χ1n) is 4.22. The van der Waals surface area contributed by atoms with Crippen molar-refractivity contribution in [3.8, 4) is 0 Å². The second kappa shape index (κ2) is 4.31. The zero-order valence-corrected chi connectivity index (χ0v) is 11.6. The van der Waals surface area contributed by atoms with Gasteiger partial charge in [0.25, 0.3) is 0 Å². The highest BCUT2D eigenvalue weighted by molar-refractivity contribution is 6.79. The minimum Gasteiger partial charge on any atom is -0.408 e. The highest BCUT2D eigenvalue weighted by Gasteiger charge is 2.17. The summed E-state index contributed by atoms with van der Waals surface area (Å²) in [5, 5.41) is 1.70. The van der Waals surface area contributed by atoms with Crippen LogP contribution >= 0.6 is 34.8 Å². The Bertz CT molecular complexity index is 323. The fourth-order valence-corrected chi connectivity index (χ4v) is 3.13. The number of hydrogen-bond donors (Lipinski definition) is 1. The predicted octanol–water partition coefficient (Wildman–Crippen LogP) is 4.89. The summed E-state index contributed by atoms with van der Waals surface area (Å²) in [7, 11) is -1.44. The minimum atomic E-state index is -1.44. The van der Waals surface area contributed by atoms with Gasteiger partial charge < -0.3 is 4.98 Å². The second-order valence-corrected chi connectivity index (χ2v) is 10.1. The molecule has 0 bridgehead atoms. The van der Waals surface area contributed by atoms with Crippen molar-refractivity contribution in [3.05, 3.63) is 27.2 Å². The van der Waals surface area contributed by atoms with E-state index in [2.05, 4.69) is 24.6 Å². The van der Waals surface area contributed by atoms with Crippen LogP contribution in [-0.2, 0) is 0 Å². The Balaban J connectivity index is 3.09. The Hall–Kier alpha value is 0.107. The number of anilines is 1. The van der Waals surface area contributed by atoms with Gasteiger partial charge >= 0.3 is 0 Å². The molecule has 0 aliphatic rings. The van der Waals surface area contributed by atoms with Crippen LogP contribution in [0.4, 0.5) is 5.69 Å². The van der Waals surface area contributed by atoms with E-state index < -0.39 is 8.24 Å². The average molecular weight is 269 g/mol. The van der Waals surface area contributed by atoms with Gasteiger partial charge in [-0.3, -0.25) is 0 Å². The van der Waals surface area contributed by atoms with Gasteiger partial charge in [0.15, 0.2) is 0 Å². The molecule has 0 fully saturated rings. The molecule has 1 aromatic rings. The summed E-state index contributed by atoms with van der Waals surface area (Å²) in [6.45, 7) is 6.52. The normalized spacial score (nSPS) is 11.6. The van der Waals surface area contributed by atoms with Crippen LogP contribution in [0.2, 0.25) is 34.7 Å². The van der Waals surface area contributed by atoms with Crippen LogP contribution in [0, 0.1) is 0 Å². The van der Waals surface area contributed by atoms with Crippen LogP contribution < -0.4 is 4.98 Å². The topological polar surface area (TPSA) is 12.0 Å². The molecule has 1 rings (SSSR count). The van der Waals surface area contributed by atoms with Gasteiger partial charge in [-0.05, 0) is 12.1 Å². The highest BCUT2D eigenvalue weighted by atomic mass is 35.5. The van der Waals surface area contributed by atoms with E-state index in [-0.39, 0.29) is 0 Å². The number of benzene rings is 1. The third-order valence-corrected chi connectivity index (χ3v) is 3.32. The molecule has 0 radical (unpaired) electrons. The van der Waals surface area contributed by atoms with E-state index in [0.717, 1.165) is 5.69 Å². The van der Waals surface area contributed by atoms with Crippen LogP contribution in [0.15, 0.2) is 12.1 Å². The summed E-state index contributed by atoms with van der Waals surface area (Å²) in [6.07, 6.45) is 0. The first-order valence-corrected chi connectivity index (χ1v) is 8.86. The molecule has 5 heteroatoms. The zero-order valence-electron chi connectivity index (χ0n) is 8.29. The lowest BCUT2D eigenvalue weighted by Gasteiger charge is -2.21. The van der Waals surface area contributed by atoms with E-state index in [4.69, 9.17) is 34.8 Å². The van der Waals surface area contributed by atoms with E-state index in [1.54, 1.807) is 12.1 Å². The maximum absolute atomic E-state index is 6.03. The van der Waals surface area contributed by atoms with Gasteiger partial charge in [0.05, 0.1) is 15.7 Å². The van der Waals surface area contributed by atoms with E-state index in [1.807, 2.05) is 0 Å². The fourth-order valence-electron chi connectivity index (χ4n) is 1.04. The molecule has 78 valence electrons. The molecule has 0 atom stereocenters. The number of halogens is 3. The first-order chi connectivity index (χ1) is 6.29. The summed E-state index contributed by atoms with van der Waals surface area (Å²) < 4.78 is 0. The van der Waals surface area contributed by atoms with E-state index in [9.17, 15) is 0 Å². The summed E-state index contributed by atoms with van der Waals surface area (Å²) >= 11 is 17.9. The van der Waals surface area contributed by atoms with Gasteiger partial charge in [0.1, 0.15) is 8.24 Å². The predicted molar refractivity (Wildman–Crippen MR) is 68.4 cm³/mol. The highest BCUT2D eigenvalue weighted by Crippen LogP contribution is 2.34.